The highest BCUT2D eigenvalue weighted by Gasteiger charge is 2.35. The zero-order valence-corrected chi connectivity index (χ0v) is 29.4. The van der Waals surface area contributed by atoms with Crippen LogP contribution in [0.2, 0.25) is 5.02 Å². The predicted molar refractivity (Wildman–Crippen MR) is 182 cm³/mol. The molecule has 1 saturated heterocycles. The van der Waals surface area contributed by atoms with Crippen molar-refractivity contribution >= 4 is 56.2 Å². The van der Waals surface area contributed by atoms with E-state index >= 15 is 13.2 Å². The fourth-order valence-corrected chi connectivity index (χ4v) is 7.41. The number of carbonyl (C=O) groups excluding carboxylic acids is 2. The molecule has 1 fully saturated rings. The van der Waals surface area contributed by atoms with Crippen LogP contribution in [-0.4, -0.2) is 66.7 Å². The van der Waals surface area contributed by atoms with Gasteiger partial charge in [0.2, 0.25) is 5.95 Å². The number of nitrogens with zero attached hydrogens (tertiary/aromatic N) is 3. The number of sulfonamides is 1. The standard InChI is InChI=1S/C34H33ClF3N5O7S/c1-17(44)49-26-16-48-31-21(26)13-18(35)14-27(31)51(46,47)42-25-8-6-23(36)28(30(25)38)20-5-7-24-22(29(20)37)15-39-32(41-24)40-19-9-11-43(12-10-19)33(45)50-34(2,3)4/h5-8,13-15,19,26,42H,9-12,16H2,1-4H3,(H,39,40,41)/t26-/m1/s1. The smallest absolute Gasteiger partial charge is 0.410 e. The number of likely N-dealkylation sites (tertiary alicyclic amines) is 1. The second kappa shape index (κ2) is 13.7. The Hall–Kier alpha value is -4.83. The van der Waals surface area contributed by atoms with Gasteiger partial charge in [-0.2, -0.15) is 0 Å². The third kappa shape index (κ3) is 7.61. The van der Waals surface area contributed by atoms with Gasteiger partial charge in [-0.15, -0.1) is 0 Å². The highest BCUT2D eigenvalue weighted by Crippen LogP contribution is 2.43. The van der Waals surface area contributed by atoms with Gasteiger partial charge in [0.25, 0.3) is 10.0 Å². The average Bonchev–Trinajstić information content (AvgIpc) is 3.43. The van der Waals surface area contributed by atoms with Gasteiger partial charge < -0.3 is 24.4 Å². The van der Waals surface area contributed by atoms with E-state index in [0.717, 1.165) is 24.3 Å². The minimum absolute atomic E-state index is 0.0283. The Balaban J connectivity index is 1.22. The summed E-state index contributed by atoms with van der Waals surface area (Å²) in [5.74, 6) is -4.14. The normalized spacial score (nSPS) is 16.4. The Bertz CT molecular complexity index is 2160. The van der Waals surface area contributed by atoms with E-state index in [1.807, 2.05) is 0 Å². The number of anilines is 2. The molecular formula is C34H33ClF3N5O7S. The summed E-state index contributed by atoms with van der Waals surface area (Å²) in [6, 6.07) is 6.54. The monoisotopic (exact) mass is 747 g/mol. The van der Waals surface area contributed by atoms with Crippen molar-refractivity contribution < 1.29 is 45.4 Å². The summed E-state index contributed by atoms with van der Waals surface area (Å²) < 4.78 is 92.2. The molecule has 2 aliphatic rings. The van der Waals surface area contributed by atoms with Crippen molar-refractivity contribution in [1.82, 2.24) is 14.9 Å². The predicted octanol–water partition coefficient (Wildman–Crippen LogP) is 6.98. The molecule has 0 saturated carbocycles. The van der Waals surface area contributed by atoms with Gasteiger partial charge in [-0.25, -0.2) is 36.4 Å². The molecule has 3 heterocycles. The van der Waals surface area contributed by atoms with Crippen LogP contribution in [0, 0.1) is 17.5 Å². The molecule has 0 unspecified atom stereocenters. The SMILES string of the molecule is CC(=O)O[C@@H]1COc2c1cc(Cl)cc2S(=O)(=O)Nc1ccc(F)c(-c2ccc3nc(NC4CCN(C(=O)OC(C)(C)C)CC4)ncc3c2F)c1F. The zero-order chi connectivity index (χ0) is 36.8. The van der Waals surface area contributed by atoms with Gasteiger partial charge in [0, 0.05) is 48.4 Å². The van der Waals surface area contributed by atoms with Gasteiger partial charge in [-0.3, -0.25) is 9.52 Å². The minimum atomic E-state index is -4.63. The molecule has 4 aromatic rings. The van der Waals surface area contributed by atoms with Crippen LogP contribution in [-0.2, 0) is 24.3 Å². The lowest BCUT2D eigenvalue weighted by atomic mass is 10.0. The number of hydrogen-bond acceptors (Lipinski definition) is 10. The van der Waals surface area contributed by atoms with Crippen LogP contribution in [0.5, 0.6) is 5.75 Å². The number of nitrogens with one attached hydrogen (secondary N) is 2. The number of fused-ring (bicyclic) bond motifs is 2. The molecule has 0 aliphatic carbocycles. The van der Waals surface area contributed by atoms with Gasteiger partial charge >= 0.3 is 12.1 Å². The minimum Gasteiger partial charge on any atom is -0.487 e. The summed E-state index contributed by atoms with van der Waals surface area (Å²) in [4.78, 5) is 33.6. The highest BCUT2D eigenvalue weighted by atomic mass is 35.5. The van der Waals surface area contributed by atoms with Crippen LogP contribution in [0.25, 0.3) is 22.0 Å². The molecule has 0 bridgehead atoms. The van der Waals surface area contributed by atoms with E-state index in [1.165, 1.54) is 25.3 Å². The van der Waals surface area contributed by atoms with Crippen molar-refractivity contribution in [3.05, 3.63) is 70.6 Å². The van der Waals surface area contributed by atoms with Crippen LogP contribution in [0.4, 0.5) is 29.6 Å². The Morgan fingerprint density at radius 2 is 1.78 bits per heavy atom. The number of amides is 1. The fourth-order valence-electron chi connectivity index (χ4n) is 5.86. The van der Waals surface area contributed by atoms with E-state index in [1.54, 1.807) is 25.7 Å². The van der Waals surface area contributed by atoms with E-state index in [-0.39, 0.29) is 51.9 Å². The first kappa shape index (κ1) is 36.0. The van der Waals surface area contributed by atoms with E-state index in [2.05, 4.69) is 20.0 Å². The quantitative estimate of drug-likeness (QED) is 0.190. The van der Waals surface area contributed by atoms with E-state index in [4.69, 9.17) is 25.8 Å². The molecule has 0 radical (unpaired) electrons. The lowest BCUT2D eigenvalue weighted by Crippen LogP contribution is -2.44. The van der Waals surface area contributed by atoms with E-state index in [0.29, 0.717) is 25.9 Å². The number of ether oxygens (including phenoxy) is 3. The first-order valence-electron chi connectivity index (χ1n) is 15.8. The second-order valence-corrected chi connectivity index (χ2v) is 15.1. The van der Waals surface area contributed by atoms with Gasteiger partial charge in [0.05, 0.1) is 22.2 Å². The third-order valence-corrected chi connectivity index (χ3v) is 9.74. The summed E-state index contributed by atoms with van der Waals surface area (Å²) in [6.07, 6.45) is 1.06. The number of aromatic nitrogens is 2. The molecule has 17 heteroatoms. The lowest BCUT2D eigenvalue weighted by molar-refractivity contribution is -0.147. The Labute approximate surface area is 296 Å². The van der Waals surface area contributed by atoms with Crippen molar-refractivity contribution in [1.29, 1.82) is 0 Å². The Kier molecular flexibility index (Phi) is 9.67. The molecule has 1 amide bonds. The van der Waals surface area contributed by atoms with Gasteiger partial charge in [-0.1, -0.05) is 11.6 Å². The van der Waals surface area contributed by atoms with Crippen LogP contribution >= 0.6 is 11.6 Å². The number of piperidine rings is 1. The first-order valence-corrected chi connectivity index (χ1v) is 17.7. The van der Waals surface area contributed by atoms with Crippen LogP contribution in [0.15, 0.2) is 47.5 Å². The summed E-state index contributed by atoms with van der Waals surface area (Å²) in [6.45, 7) is 7.30. The van der Waals surface area contributed by atoms with E-state index < -0.39 is 66.9 Å². The molecule has 12 nitrogen and oxygen atoms in total. The third-order valence-electron chi connectivity index (χ3n) is 8.16. The molecule has 6 rings (SSSR count). The number of carbonyl (C=O) groups is 2. The molecular weight excluding hydrogens is 715 g/mol. The average molecular weight is 748 g/mol. The summed E-state index contributed by atoms with van der Waals surface area (Å²) >= 11 is 6.17. The lowest BCUT2D eigenvalue weighted by Gasteiger charge is -2.33. The largest absolute Gasteiger partial charge is 0.487 e. The molecule has 0 spiro atoms. The number of rotatable bonds is 7. The topological polar surface area (TPSA) is 149 Å². The number of hydrogen-bond donors (Lipinski definition) is 2. The van der Waals surface area contributed by atoms with Crippen LogP contribution in [0.3, 0.4) is 0 Å². The van der Waals surface area contributed by atoms with Crippen molar-refractivity contribution in [2.45, 2.75) is 63.2 Å². The molecule has 1 atom stereocenters. The number of benzene rings is 3. The van der Waals surface area contributed by atoms with Gasteiger partial charge in [-0.05, 0) is 70.0 Å². The van der Waals surface area contributed by atoms with Crippen molar-refractivity contribution in [2.24, 2.45) is 0 Å². The molecule has 270 valence electrons. The maximum Gasteiger partial charge on any atom is 0.410 e. The first-order chi connectivity index (χ1) is 24.0. The maximum absolute atomic E-state index is 16.0. The van der Waals surface area contributed by atoms with Gasteiger partial charge in [0.15, 0.2) is 11.9 Å². The highest BCUT2D eigenvalue weighted by molar-refractivity contribution is 7.92. The second-order valence-electron chi connectivity index (χ2n) is 13.1. The van der Waals surface area contributed by atoms with Gasteiger partial charge in [0.1, 0.15) is 34.5 Å². The Morgan fingerprint density at radius 1 is 1.06 bits per heavy atom. The molecule has 2 aliphatic heterocycles. The molecule has 2 N–H and O–H groups in total. The fraction of sp³-hybridized carbons (Fsp3) is 0.353. The molecule has 51 heavy (non-hydrogen) atoms. The summed E-state index contributed by atoms with van der Waals surface area (Å²) in [7, 11) is -4.63. The summed E-state index contributed by atoms with van der Waals surface area (Å²) in [5.41, 5.74) is -2.25. The molecule has 1 aromatic heterocycles. The zero-order valence-electron chi connectivity index (χ0n) is 27.9. The van der Waals surface area contributed by atoms with E-state index in [9.17, 15) is 18.0 Å². The van der Waals surface area contributed by atoms with Crippen LogP contribution < -0.4 is 14.8 Å². The Morgan fingerprint density at radius 3 is 2.47 bits per heavy atom. The number of esters is 1. The van der Waals surface area contributed by atoms with Crippen molar-refractivity contribution in [2.75, 3.05) is 29.7 Å². The molecule has 3 aromatic carbocycles. The van der Waals surface area contributed by atoms with Crippen molar-refractivity contribution in [3.8, 4) is 16.9 Å². The van der Waals surface area contributed by atoms with Crippen molar-refractivity contribution in [3.63, 3.8) is 0 Å². The maximum atomic E-state index is 16.0. The number of halogens is 4. The summed E-state index contributed by atoms with van der Waals surface area (Å²) in [5, 5.41) is 3.03. The van der Waals surface area contributed by atoms with Crippen LogP contribution in [0.1, 0.15) is 52.2 Å².